The largest absolute Gasteiger partial charge is 0.464 e. The van der Waals surface area contributed by atoms with Gasteiger partial charge in [0.1, 0.15) is 27.3 Å². The van der Waals surface area contributed by atoms with E-state index < -0.39 is 0 Å². The summed E-state index contributed by atoms with van der Waals surface area (Å²) >= 11 is 1.32. The van der Waals surface area contributed by atoms with Gasteiger partial charge >= 0.3 is 0 Å². The van der Waals surface area contributed by atoms with Crippen molar-refractivity contribution in [3.05, 3.63) is 81.7 Å². The van der Waals surface area contributed by atoms with Crippen molar-refractivity contribution in [3.63, 3.8) is 0 Å². The van der Waals surface area contributed by atoms with Gasteiger partial charge in [0.25, 0.3) is 5.91 Å². The van der Waals surface area contributed by atoms with E-state index in [9.17, 15) is 4.79 Å². The standard InChI is InChI=1S/C24H22N4O2S/c1-13-11-14(2)26-23-20(13)21(25)22(31-23)24(29)28-18(19-10-9-15(3)30-19)12-17(27-28)16-7-5-4-6-8-16/h4-11,18H,12,25H2,1-3H3. The maximum Gasteiger partial charge on any atom is 0.286 e. The number of carbonyl (C=O) groups is 1. The Labute approximate surface area is 184 Å². The van der Waals surface area contributed by atoms with Gasteiger partial charge in [0.15, 0.2) is 0 Å². The van der Waals surface area contributed by atoms with Crippen LogP contribution < -0.4 is 5.73 Å². The summed E-state index contributed by atoms with van der Waals surface area (Å²) in [5, 5.41) is 7.09. The lowest BCUT2D eigenvalue weighted by Gasteiger charge is -2.19. The van der Waals surface area contributed by atoms with E-state index in [1.807, 2.05) is 69.3 Å². The van der Waals surface area contributed by atoms with Crippen LogP contribution in [-0.2, 0) is 0 Å². The number of anilines is 1. The molecule has 0 radical (unpaired) electrons. The summed E-state index contributed by atoms with van der Waals surface area (Å²) in [4.78, 5) is 19.5. The van der Waals surface area contributed by atoms with Crippen molar-refractivity contribution in [2.75, 3.05) is 5.73 Å². The van der Waals surface area contributed by atoms with Crippen molar-refractivity contribution in [1.82, 2.24) is 9.99 Å². The van der Waals surface area contributed by atoms with Crippen LogP contribution in [0.4, 0.5) is 5.69 Å². The van der Waals surface area contributed by atoms with Crippen LogP contribution in [0.1, 0.15) is 50.5 Å². The normalized spacial score (nSPS) is 16.2. The van der Waals surface area contributed by atoms with E-state index in [4.69, 9.17) is 15.3 Å². The SMILES string of the molecule is Cc1cc(C)c2c(N)c(C(=O)N3N=C(c4ccccc4)CC3c3ccc(C)o3)sc2n1. The molecule has 0 bridgehead atoms. The average molecular weight is 431 g/mol. The van der Waals surface area contributed by atoms with Gasteiger partial charge in [-0.2, -0.15) is 5.10 Å². The minimum atomic E-state index is -0.322. The topological polar surface area (TPSA) is 84.7 Å². The van der Waals surface area contributed by atoms with Gasteiger partial charge in [-0.1, -0.05) is 30.3 Å². The van der Waals surface area contributed by atoms with E-state index >= 15 is 0 Å². The number of pyridine rings is 1. The van der Waals surface area contributed by atoms with E-state index in [2.05, 4.69) is 4.98 Å². The smallest absolute Gasteiger partial charge is 0.286 e. The molecule has 6 nitrogen and oxygen atoms in total. The predicted molar refractivity (Wildman–Crippen MR) is 123 cm³/mol. The Balaban J connectivity index is 1.60. The average Bonchev–Trinajstić information content (AvgIpc) is 3.45. The molecule has 1 unspecified atom stereocenters. The fourth-order valence-electron chi connectivity index (χ4n) is 4.09. The first-order chi connectivity index (χ1) is 14.9. The highest BCUT2D eigenvalue weighted by atomic mass is 32.1. The molecule has 3 aromatic heterocycles. The molecule has 4 heterocycles. The molecule has 0 fully saturated rings. The third-order valence-electron chi connectivity index (χ3n) is 5.53. The Bertz CT molecular complexity index is 1340. The number of carbonyl (C=O) groups excluding carboxylic acids is 1. The second-order valence-corrected chi connectivity index (χ2v) is 8.84. The highest BCUT2D eigenvalue weighted by Crippen LogP contribution is 2.40. The summed E-state index contributed by atoms with van der Waals surface area (Å²) in [6.45, 7) is 5.82. The Morgan fingerprint density at radius 1 is 1.16 bits per heavy atom. The Morgan fingerprint density at radius 2 is 1.94 bits per heavy atom. The van der Waals surface area contributed by atoms with Crippen LogP contribution in [0.25, 0.3) is 10.2 Å². The first kappa shape index (κ1) is 19.5. The summed E-state index contributed by atoms with van der Waals surface area (Å²) in [6, 6.07) is 15.4. The minimum Gasteiger partial charge on any atom is -0.464 e. The molecule has 0 aliphatic carbocycles. The number of hydrazone groups is 1. The van der Waals surface area contributed by atoms with Crippen LogP contribution in [0.15, 0.2) is 58.0 Å². The Kier molecular flexibility index (Phi) is 4.63. The van der Waals surface area contributed by atoms with E-state index in [1.54, 1.807) is 0 Å². The van der Waals surface area contributed by atoms with Gasteiger partial charge in [0.05, 0.1) is 11.4 Å². The zero-order chi connectivity index (χ0) is 21.7. The zero-order valence-corrected chi connectivity index (χ0v) is 18.4. The van der Waals surface area contributed by atoms with Crippen LogP contribution >= 0.6 is 11.3 Å². The lowest BCUT2D eigenvalue weighted by atomic mass is 10.0. The number of hydrogen-bond acceptors (Lipinski definition) is 6. The van der Waals surface area contributed by atoms with E-state index in [0.717, 1.165) is 38.5 Å². The second-order valence-electron chi connectivity index (χ2n) is 7.84. The van der Waals surface area contributed by atoms with Gasteiger partial charge in [-0.05, 0) is 50.1 Å². The van der Waals surface area contributed by atoms with E-state index in [-0.39, 0.29) is 11.9 Å². The molecule has 7 heteroatoms. The molecule has 0 saturated heterocycles. The van der Waals surface area contributed by atoms with Crippen molar-refractivity contribution in [2.24, 2.45) is 5.10 Å². The molecule has 0 saturated carbocycles. The number of hydrogen-bond donors (Lipinski definition) is 1. The second kappa shape index (κ2) is 7.35. The highest BCUT2D eigenvalue weighted by Gasteiger charge is 2.37. The van der Waals surface area contributed by atoms with Gasteiger partial charge in [-0.3, -0.25) is 4.79 Å². The van der Waals surface area contributed by atoms with Crippen LogP contribution in [0.5, 0.6) is 0 Å². The number of amides is 1. The first-order valence-electron chi connectivity index (χ1n) is 10.1. The Morgan fingerprint density at radius 3 is 2.65 bits per heavy atom. The van der Waals surface area contributed by atoms with Crippen LogP contribution in [0.2, 0.25) is 0 Å². The molecule has 4 aromatic rings. The third kappa shape index (κ3) is 3.31. The molecule has 1 aliphatic heterocycles. The maximum atomic E-state index is 13.7. The number of nitrogens with two attached hydrogens (primary N) is 1. The zero-order valence-electron chi connectivity index (χ0n) is 17.5. The molecule has 0 spiro atoms. The van der Waals surface area contributed by atoms with Crippen molar-refractivity contribution < 1.29 is 9.21 Å². The number of aryl methyl sites for hydroxylation is 3. The Hall–Kier alpha value is -3.45. The van der Waals surface area contributed by atoms with Crippen LogP contribution in [0, 0.1) is 20.8 Å². The number of nitrogens with zero attached hydrogens (tertiary/aromatic N) is 3. The maximum absolute atomic E-state index is 13.7. The van der Waals surface area contributed by atoms with Gasteiger partial charge in [0.2, 0.25) is 0 Å². The lowest BCUT2D eigenvalue weighted by Crippen LogP contribution is -2.26. The molecule has 1 amide bonds. The lowest BCUT2D eigenvalue weighted by molar-refractivity contribution is 0.0698. The molecule has 31 heavy (non-hydrogen) atoms. The van der Waals surface area contributed by atoms with E-state index in [1.165, 1.54) is 16.3 Å². The van der Waals surface area contributed by atoms with Gasteiger partial charge in [0, 0.05) is 17.5 Å². The molecule has 156 valence electrons. The molecule has 1 aromatic carbocycles. The summed E-state index contributed by atoms with van der Waals surface area (Å²) < 4.78 is 5.88. The van der Waals surface area contributed by atoms with Crippen molar-refractivity contribution >= 4 is 38.9 Å². The number of nitrogen functional groups attached to an aromatic ring is 1. The predicted octanol–water partition coefficient (Wildman–Crippen LogP) is 5.39. The molecular formula is C24H22N4O2S. The minimum absolute atomic E-state index is 0.234. The van der Waals surface area contributed by atoms with Crippen LogP contribution in [-0.4, -0.2) is 21.6 Å². The molecule has 2 N–H and O–H groups in total. The fraction of sp³-hybridized carbons (Fsp3) is 0.208. The summed E-state index contributed by atoms with van der Waals surface area (Å²) in [6.07, 6.45) is 0.573. The third-order valence-corrected chi connectivity index (χ3v) is 6.62. The van der Waals surface area contributed by atoms with Crippen molar-refractivity contribution in [3.8, 4) is 0 Å². The fourth-order valence-corrected chi connectivity index (χ4v) is 5.24. The van der Waals surface area contributed by atoms with Crippen molar-refractivity contribution in [1.29, 1.82) is 0 Å². The van der Waals surface area contributed by atoms with Gasteiger partial charge in [-0.15, -0.1) is 11.3 Å². The van der Waals surface area contributed by atoms with Crippen molar-refractivity contribution in [2.45, 2.75) is 33.2 Å². The molecular weight excluding hydrogens is 408 g/mol. The summed E-state index contributed by atoms with van der Waals surface area (Å²) in [5.41, 5.74) is 10.7. The number of aromatic nitrogens is 1. The molecule has 1 atom stereocenters. The number of fused-ring (bicyclic) bond motifs is 1. The number of thiophene rings is 1. The number of rotatable bonds is 3. The van der Waals surface area contributed by atoms with E-state index in [0.29, 0.717) is 22.7 Å². The molecule has 1 aliphatic rings. The number of furan rings is 1. The summed E-state index contributed by atoms with van der Waals surface area (Å²) in [7, 11) is 0. The molecule has 5 rings (SSSR count). The van der Waals surface area contributed by atoms with Gasteiger partial charge < -0.3 is 10.2 Å². The van der Waals surface area contributed by atoms with Crippen LogP contribution in [0.3, 0.4) is 0 Å². The number of benzene rings is 1. The first-order valence-corrected chi connectivity index (χ1v) is 10.9. The monoisotopic (exact) mass is 430 g/mol. The summed E-state index contributed by atoms with van der Waals surface area (Å²) in [5.74, 6) is 1.28. The highest BCUT2D eigenvalue weighted by molar-refractivity contribution is 7.21. The quantitative estimate of drug-likeness (QED) is 0.472. The van der Waals surface area contributed by atoms with Gasteiger partial charge in [-0.25, -0.2) is 9.99 Å².